The van der Waals surface area contributed by atoms with Gasteiger partial charge in [-0.2, -0.15) is 0 Å². The molecule has 6 nitrogen and oxygen atoms in total. The van der Waals surface area contributed by atoms with Gasteiger partial charge < -0.3 is 10.1 Å². The van der Waals surface area contributed by atoms with Crippen molar-refractivity contribution in [3.05, 3.63) is 84.4 Å². The van der Waals surface area contributed by atoms with Crippen LogP contribution in [0.25, 0.3) is 17.1 Å². The monoisotopic (exact) mass is 472 g/mol. The fraction of sp³-hybridized carbons (Fsp3) is 0.222. The largest absolute Gasteiger partial charge is 0.494 e. The number of anilines is 1. The SMILES string of the molecule is CCOc1ccc(-n2c(SCC(=O)Nc3ccc(C(C)C)cc3)nnc2-c2ccccc2)cc1. The molecule has 7 heteroatoms. The van der Waals surface area contributed by atoms with Gasteiger partial charge in [0.2, 0.25) is 5.91 Å². The highest BCUT2D eigenvalue weighted by Gasteiger charge is 2.17. The molecule has 4 rings (SSSR count). The number of carbonyl (C=O) groups excluding carboxylic acids is 1. The molecular formula is C27H28N4O2S. The Hall–Kier alpha value is -3.58. The number of hydrogen-bond donors (Lipinski definition) is 1. The predicted octanol–water partition coefficient (Wildman–Crippen LogP) is 6.19. The minimum absolute atomic E-state index is 0.0928. The summed E-state index contributed by atoms with van der Waals surface area (Å²) in [6.45, 7) is 6.86. The molecule has 0 spiro atoms. The molecule has 0 radical (unpaired) electrons. The van der Waals surface area contributed by atoms with E-state index in [4.69, 9.17) is 4.74 Å². The van der Waals surface area contributed by atoms with Crippen LogP contribution in [-0.4, -0.2) is 33.0 Å². The summed E-state index contributed by atoms with van der Waals surface area (Å²) < 4.78 is 7.55. The molecule has 1 N–H and O–H groups in total. The second-order valence-corrected chi connectivity index (χ2v) is 8.99. The van der Waals surface area contributed by atoms with Gasteiger partial charge in [-0.05, 0) is 54.8 Å². The maximum atomic E-state index is 12.6. The summed E-state index contributed by atoms with van der Waals surface area (Å²) in [6, 6.07) is 25.7. The molecule has 1 heterocycles. The van der Waals surface area contributed by atoms with Crippen molar-refractivity contribution in [1.29, 1.82) is 0 Å². The van der Waals surface area contributed by atoms with Crippen molar-refractivity contribution < 1.29 is 9.53 Å². The van der Waals surface area contributed by atoms with Gasteiger partial charge in [-0.15, -0.1) is 10.2 Å². The van der Waals surface area contributed by atoms with Crippen LogP contribution in [0.3, 0.4) is 0 Å². The van der Waals surface area contributed by atoms with Gasteiger partial charge in [0.15, 0.2) is 11.0 Å². The number of ether oxygens (including phenoxy) is 1. The molecule has 4 aromatic rings. The van der Waals surface area contributed by atoms with Crippen LogP contribution < -0.4 is 10.1 Å². The molecule has 0 saturated heterocycles. The summed E-state index contributed by atoms with van der Waals surface area (Å²) in [5.74, 6) is 2.10. The van der Waals surface area contributed by atoms with E-state index in [2.05, 4.69) is 29.4 Å². The maximum absolute atomic E-state index is 12.6. The summed E-state index contributed by atoms with van der Waals surface area (Å²) in [6.07, 6.45) is 0. The van der Waals surface area contributed by atoms with Gasteiger partial charge in [0, 0.05) is 16.9 Å². The van der Waals surface area contributed by atoms with Crippen LogP contribution >= 0.6 is 11.8 Å². The quantitative estimate of drug-likeness (QED) is 0.294. The van der Waals surface area contributed by atoms with E-state index in [0.29, 0.717) is 17.7 Å². The van der Waals surface area contributed by atoms with Crippen LogP contribution in [0, 0.1) is 0 Å². The Morgan fingerprint density at radius 3 is 2.32 bits per heavy atom. The molecule has 1 amide bonds. The lowest BCUT2D eigenvalue weighted by molar-refractivity contribution is -0.113. The molecule has 0 atom stereocenters. The summed E-state index contributed by atoms with van der Waals surface area (Å²) in [7, 11) is 0. The number of amides is 1. The molecule has 3 aromatic carbocycles. The summed E-state index contributed by atoms with van der Waals surface area (Å²) in [4.78, 5) is 12.6. The van der Waals surface area contributed by atoms with E-state index in [9.17, 15) is 4.79 Å². The summed E-state index contributed by atoms with van der Waals surface area (Å²) >= 11 is 1.35. The zero-order chi connectivity index (χ0) is 23.9. The lowest BCUT2D eigenvalue weighted by Crippen LogP contribution is -2.14. The third-order valence-electron chi connectivity index (χ3n) is 5.26. The van der Waals surface area contributed by atoms with Gasteiger partial charge >= 0.3 is 0 Å². The number of nitrogens with zero attached hydrogens (tertiary/aromatic N) is 3. The van der Waals surface area contributed by atoms with Crippen LogP contribution in [0.1, 0.15) is 32.3 Å². The van der Waals surface area contributed by atoms with E-state index in [1.54, 1.807) is 0 Å². The molecule has 0 aliphatic rings. The van der Waals surface area contributed by atoms with Crippen LogP contribution in [0.2, 0.25) is 0 Å². The number of carbonyl (C=O) groups is 1. The van der Waals surface area contributed by atoms with Crippen LogP contribution in [0.5, 0.6) is 5.75 Å². The molecule has 0 saturated carbocycles. The van der Waals surface area contributed by atoms with Gasteiger partial charge in [-0.3, -0.25) is 9.36 Å². The minimum atomic E-state index is -0.0928. The number of rotatable bonds is 9. The number of benzene rings is 3. The highest BCUT2D eigenvalue weighted by atomic mass is 32.2. The highest BCUT2D eigenvalue weighted by Crippen LogP contribution is 2.29. The third-order valence-corrected chi connectivity index (χ3v) is 6.19. The number of aromatic nitrogens is 3. The lowest BCUT2D eigenvalue weighted by atomic mass is 10.0. The van der Waals surface area contributed by atoms with Gasteiger partial charge in [-0.25, -0.2) is 0 Å². The molecule has 1 aromatic heterocycles. The second kappa shape index (κ2) is 11.0. The molecular weight excluding hydrogens is 444 g/mol. The zero-order valence-corrected chi connectivity index (χ0v) is 20.4. The standard InChI is InChI=1S/C27H28N4O2S/c1-4-33-24-16-14-23(15-17-24)31-26(21-8-6-5-7-9-21)29-30-27(31)34-18-25(32)28-22-12-10-20(11-13-22)19(2)3/h5-17,19H,4,18H2,1-3H3,(H,28,32). The lowest BCUT2D eigenvalue weighted by Gasteiger charge is -2.12. The van der Waals surface area contributed by atoms with Gasteiger partial charge in [-0.1, -0.05) is 68.1 Å². The van der Waals surface area contributed by atoms with Crippen LogP contribution in [0.4, 0.5) is 5.69 Å². The van der Waals surface area contributed by atoms with Crippen molar-refractivity contribution in [2.45, 2.75) is 31.8 Å². The third kappa shape index (κ3) is 5.66. The molecule has 0 fully saturated rings. The van der Waals surface area contributed by atoms with E-state index >= 15 is 0 Å². The van der Waals surface area contributed by atoms with Gasteiger partial charge in [0.05, 0.1) is 12.4 Å². The summed E-state index contributed by atoms with van der Waals surface area (Å²) in [5.41, 5.74) is 3.88. The van der Waals surface area contributed by atoms with Gasteiger partial charge in [0.25, 0.3) is 0 Å². The first kappa shape index (κ1) is 23.6. The molecule has 174 valence electrons. The van der Waals surface area contributed by atoms with E-state index in [1.165, 1.54) is 17.3 Å². The van der Waals surface area contributed by atoms with E-state index in [1.807, 2.05) is 90.4 Å². The fourth-order valence-corrected chi connectivity index (χ4v) is 4.26. The van der Waals surface area contributed by atoms with E-state index in [-0.39, 0.29) is 11.7 Å². The van der Waals surface area contributed by atoms with Crippen molar-refractivity contribution in [1.82, 2.24) is 14.8 Å². The Balaban J connectivity index is 1.54. The second-order valence-electron chi connectivity index (χ2n) is 8.05. The molecule has 34 heavy (non-hydrogen) atoms. The Bertz CT molecular complexity index is 1220. The number of nitrogens with one attached hydrogen (secondary N) is 1. The van der Waals surface area contributed by atoms with Crippen molar-refractivity contribution >= 4 is 23.4 Å². The van der Waals surface area contributed by atoms with E-state index in [0.717, 1.165) is 28.5 Å². The van der Waals surface area contributed by atoms with Crippen molar-refractivity contribution in [2.24, 2.45) is 0 Å². The molecule has 0 bridgehead atoms. The Labute approximate surface area is 204 Å². The number of hydrogen-bond acceptors (Lipinski definition) is 5. The summed E-state index contributed by atoms with van der Waals surface area (Å²) in [5, 5.41) is 12.5. The topological polar surface area (TPSA) is 69.0 Å². The Kier molecular flexibility index (Phi) is 7.65. The zero-order valence-electron chi connectivity index (χ0n) is 19.6. The first-order valence-electron chi connectivity index (χ1n) is 11.3. The first-order chi connectivity index (χ1) is 16.5. The molecule has 0 aliphatic heterocycles. The smallest absolute Gasteiger partial charge is 0.234 e. The molecule has 0 aliphatic carbocycles. The fourth-order valence-electron chi connectivity index (χ4n) is 3.51. The van der Waals surface area contributed by atoms with Gasteiger partial charge in [0.1, 0.15) is 5.75 Å². The predicted molar refractivity (Wildman–Crippen MR) is 138 cm³/mol. The van der Waals surface area contributed by atoms with E-state index < -0.39 is 0 Å². The maximum Gasteiger partial charge on any atom is 0.234 e. The normalized spacial score (nSPS) is 10.9. The Morgan fingerprint density at radius 2 is 1.68 bits per heavy atom. The average Bonchev–Trinajstić information content (AvgIpc) is 3.28. The van der Waals surface area contributed by atoms with Crippen molar-refractivity contribution in [3.63, 3.8) is 0 Å². The average molecular weight is 473 g/mol. The van der Waals surface area contributed by atoms with Crippen molar-refractivity contribution in [2.75, 3.05) is 17.7 Å². The van der Waals surface area contributed by atoms with Crippen molar-refractivity contribution in [3.8, 4) is 22.8 Å². The number of thioether (sulfide) groups is 1. The highest BCUT2D eigenvalue weighted by molar-refractivity contribution is 7.99. The minimum Gasteiger partial charge on any atom is -0.494 e. The molecule has 0 unspecified atom stereocenters. The Morgan fingerprint density at radius 1 is 0.971 bits per heavy atom. The van der Waals surface area contributed by atoms with Crippen LogP contribution in [0.15, 0.2) is 84.0 Å². The van der Waals surface area contributed by atoms with Crippen LogP contribution in [-0.2, 0) is 4.79 Å². The first-order valence-corrected chi connectivity index (χ1v) is 12.3.